The Morgan fingerprint density at radius 1 is 0.469 bits per heavy atom. The van der Waals surface area contributed by atoms with Crippen LogP contribution in [0.4, 0.5) is 0 Å². The van der Waals surface area contributed by atoms with Crippen molar-refractivity contribution in [1.82, 2.24) is 0 Å². The van der Waals surface area contributed by atoms with Crippen LogP contribution in [0.3, 0.4) is 0 Å². The van der Waals surface area contributed by atoms with Crippen molar-refractivity contribution < 1.29 is 14.4 Å². The summed E-state index contributed by atoms with van der Waals surface area (Å²) in [6.07, 6.45) is 0. The van der Waals surface area contributed by atoms with Gasteiger partial charge < -0.3 is 0 Å². The summed E-state index contributed by atoms with van der Waals surface area (Å²) < 4.78 is 0. The van der Waals surface area contributed by atoms with Gasteiger partial charge in [-0.05, 0) is 58.9 Å². The minimum absolute atomic E-state index is 0.184. The molecule has 7 rings (SSSR count). The lowest BCUT2D eigenvalue weighted by molar-refractivity contribution is -0.117. The monoisotopic (exact) mass is 654 g/mol. The normalized spacial score (nSPS) is 14.5. The zero-order valence-electron chi connectivity index (χ0n) is 27.4. The molecule has 0 saturated heterocycles. The number of hydrogen-bond acceptors (Lipinski definition) is 3. The summed E-state index contributed by atoms with van der Waals surface area (Å²) in [6.45, 7) is -0.0449. The van der Waals surface area contributed by atoms with Crippen LogP contribution in [0.15, 0.2) is 181 Å². The van der Waals surface area contributed by atoms with Crippen molar-refractivity contribution in [3.63, 3.8) is 0 Å². The maximum Gasteiger partial charge on any atom is 0.183 e. The molecule has 4 heteroatoms. The summed E-state index contributed by atoms with van der Waals surface area (Å²) in [7, 11) is 0. The van der Waals surface area contributed by atoms with E-state index in [1.54, 1.807) is 0 Å². The molecule has 1 aliphatic rings. The van der Waals surface area contributed by atoms with Crippen molar-refractivity contribution in [3.8, 4) is 0 Å². The van der Waals surface area contributed by atoms with Crippen LogP contribution in [0.1, 0.15) is 36.1 Å². The first-order valence-corrected chi connectivity index (χ1v) is 18.2. The number of carbonyl (C=O) groups excluding carboxylic acids is 3. The van der Waals surface area contributed by atoms with Crippen LogP contribution in [0.2, 0.25) is 0 Å². The van der Waals surface area contributed by atoms with Crippen molar-refractivity contribution in [3.05, 3.63) is 204 Å². The predicted octanol–water partition coefficient (Wildman–Crippen LogP) is 7.70. The molecule has 0 heterocycles. The smallest absolute Gasteiger partial charge is 0.183 e. The first kappa shape index (κ1) is 31.9. The summed E-state index contributed by atoms with van der Waals surface area (Å²) in [5.74, 6) is -0.792. The average Bonchev–Trinajstić information content (AvgIpc) is 3.41. The highest BCUT2D eigenvalue weighted by molar-refractivity contribution is 7.97. The molecule has 0 N–H and O–H groups in total. The van der Waals surface area contributed by atoms with Crippen molar-refractivity contribution in [1.29, 1.82) is 0 Å². The molecule has 6 aromatic carbocycles. The van der Waals surface area contributed by atoms with Gasteiger partial charge in [-0.2, -0.15) is 0 Å². The summed E-state index contributed by atoms with van der Waals surface area (Å²) in [6, 6.07) is 57.2. The number of ketones is 3. The second-order valence-corrected chi connectivity index (χ2v) is 15.6. The Kier molecular flexibility index (Phi) is 8.55. The number of Topliss-reactive ketones (excluding diaryl/α,β-unsaturated/α-hetero) is 3. The zero-order valence-corrected chi connectivity index (χ0v) is 28.3. The largest absolute Gasteiger partial charge is 0.294 e. The fraction of sp³-hybridized carbons (Fsp3) is 0.0667. The molecule has 0 unspecified atom stereocenters. The number of fused-ring (bicyclic) bond motifs is 1. The lowest BCUT2D eigenvalue weighted by Crippen LogP contribution is -2.37. The van der Waals surface area contributed by atoms with E-state index in [1.165, 1.54) is 13.8 Å². The van der Waals surface area contributed by atoms with E-state index in [9.17, 15) is 9.59 Å². The average molecular weight is 655 g/mol. The van der Waals surface area contributed by atoms with Crippen molar-refractivity contribution in [2.24, 2.45) is 0 Å². The lowest BCUT2D eigenvalue weighted by Gasteiger charge is -2.33. The standard InChI is InChI=1S/C45H35O3P/c1-32(46)41(42-39-30-18-19-31-40(39)45(44(42)48,34-20-8-3-9-21-34)35-22-10-4-11-23-35)43(33(2)47)49(36-24-12-5-13-25-36,37-26-14-6-15-27-37)38-28-16-7-17-29-38/h3-31H,1-2H3/b42-41+. The minimum Gasteiger partial charge on any atom is -0.294 e. The Morgan fingerprint density at radius 2 is 0.837 bits per heavy atom. The van der Waals surface area contributed by atoms with Crippen molar-refractivity contribution in [2.75, 3.05) is 0 Å². The molecule has 0 amide bonds. The molecule has 3 nitrogen and oxygen atoms in total. The molecular formula is C45H35O3P. The van der Waals surface area contributed by atoms with Crippen LogP contribution < -0.4 is 15.9 Å². The summed E-state index contributed by atoms with van der Waals surface area (Å²) in [4.78, 5) is 44.9. The molecule has 0 aromatic heterocycles. The SMILES string of the molecule is CC(=O)C(/C(C(C)=O)=C1/C(=O)C(c2ccccc2)(c2ccccc2)c2ccccc21)=P(c1ccccc1)(c1ccccc1)c1ccccc1. The molecule has 6 aromatic rings. The highest BCUT2D eigenvalue weighted by Crippen LogP contribution is 2.54. The zero-order chi connectivity index (χ0) is 34.0. The number of hydrogen-bond donors (Lipinski definition) is 0. The Bertz CT molecular complexity index is 2130. The van der Waals surface area contributed by atoms with E-state index in [1.807, 2.05) is 176 Å². The van der Waals surface area contributed by atoms with E-state index in [-0.39, 0.29) is 28.5 Å². The highest BCUT2D eigenvalue weighted by Gasteiger charge is 2.53. The quantitative estimate of drug-likeness (QED) is 0.125. The number of rotatable bonds is 8. The van der Waals surface area contributed by atoms with E-state index in [0.717, 1.165) is 32.6 Å². The molecular weight excluding hydrogens is 619 g/mol. The topological polar surface area (TPSA) is 51.2 Å². The highest BCUT2D eigenvalue weighted by atomic mass is 31.2. The summed E-state index contributed by atoms with van der Waals surface area (Å²) in [5.41, 5.74) is 2.29. The first-order valence-electron chi connectivity index (χ1n) is 16.4. The van der Waals surface area contributed by atoms with Gasteiger partial charge in [0.15, 0.2) is 17.3 Å². The molecule has 0 fully saturated rings. The Morgan fingerprint density at radius 3 is 1.22 bits per heavy atom. The van der Waals surface area contributed by atoms with Gasteiger partial charge in [0.05, 0.1) is 0 Å². The second-order valence-electron chi connectivity index (χ2n) is 12.2. The lowest BCUT2D eigenvalue weighted by atomic mass is 9.69. The molecule has 0 aliphatic heterocycles. The van der Waals surface area contributed by atoms with Gasteiger partial charge in [-0.25, -0.2) is 0 Å². The van der Waals surface area contributed by atoms with Gasteiger partial charge in [0.25, 0.3) is 0 Å². The fourth-order valence-corrected chi connectivity index (χ4v) is 12.3. The fourth-order valence-electron chi connectivity index (χ4n) is 7.66. The number of benzene rings is 6. The van der Waals surface area contributed by atoms with Gasteiger partial charge in [-0.15, -0.1) is 0 Å². The maximum absolute atomic E-state index is 15.8. The Balaban J connectivity index is 1.75. The third kappa shape index (κ3) is 5.01. The molecule has 238 valence electrons. The Labute approximate surface area is 287 Å². The Hall–Kier alpha value is -5.63. The van der Waals surface area contributed by atoms with Gasteiger partial charge in [0.2, 0.25) is 0 Å². The van der Waals surface area contributed by atoms with E-state index >= 15 is 4.79 Å². The van der Waals surface area contributed by atoms with E-state index in [0.29, 0.717) is 10.9 Å². The van der Waals surface area contributed by atoms with E-state index < -0.39 is 12.3 Å². The van der Waals surface area contributed by atoms with Crippen LogP contribution in [0.25, 0.3) is 5.57 Å². The van der Waals surface area contributed by atoms with Crippen molar-refractivity contribution in [2.45, 2.75) is 19.3 Å². The van der Waals surface area contributed by atoms with Gasteiger partial charge in [0, 0.05) is 16.4 Å². The van der Waals surface area contributed by atoms with E-state index in [2.05, 4.69) is 0 Å². The molecule has 0 atom stereocenters. The van der Waals surface area contributed by atoms with Crippen LogP contribution in [0, 0.1) is 0 Å². The van der Waals surface area contributed by atoms with Crippen LogP contribution in [-0.2, 0) is 19.8 Å². The summed E-state index contributed by atoms with van der Waals surface area (Å²) >= 11 is 0. The first-order chi connectivity index (χ1) is 23.9. The number of carbonyl (C=O) groups is 3. The van der Waals surface area contributed by atoms with E-state index in [4.69, 9.17) is 0 Å². The van der Waals surface area contributed by atoms with Gasteiger partial charge in [-0.1, -0.05) is 176 Å². The minimum atomic E-state index is -3.07. The third-order valence-corrected chi connectivity index (χ3v) is 13.9. The van der Waals surface area contributed by atoms with Gasteiger partial charge >= 0.3 is 0 Å². The summed E-state index contributed by atoms with van der Waals surface area (Å²) in [5, 5.41) is 3.15. The maximum atomic E-state index is 15.8. The van der Waals surface area contributed by atoms with Crippen molar-refractivity contribution >= 4 is 51.0 Å². The van der Waals surface area contributed by atoms with Crippen LogP contribution >= 0.6 is 6.89 Å². The third-order valence-electron chi connectivity index (χ3n) is 9.52. The van der Waals surface area contributed by atoms with Crippen LogP contribution in [-0.4, -0.2) is 22.6 Å². The van der Waals surface area contributed by atoms with Gasteiger partial charge in [-0.3, -0.25) is 14.4 Å². The molecule has 0 spiro atoms. The van der Waals surface area contributed by atoms with Gasteiger partial charge in [0.1, 0.15) is 5.41 Å². The molecule has 1 aliphatic carbocycles. The number of allylic oxidation sites excluding steroid dienone is 2. The second kappa shape index (κ2) is 13.1. The molecule has 0 radical (unpaired) electrons. The molecule has 49 heavy (non-hydrogen) atoms. The molecule has 0 bridgehead atoms. The predicted molar refractivity (Wildman–Crippen MR) is 203 cm³/mol. The molecule has 0 saturated carbocycles. The van der Waals surface area contributed by atoms with Crippen LogP contribution in [0.5, 0.6) is 0 Å².